The summed E-state index contributed by atoms with van der Waals surface area (Å²) in [7, 11) is 0. The maximum absolute atomic E-state index is 4.32. The van der Waals surface area contributed by atoms with Gasteiger partial charge in [0.2, 0.25) is 0 Å². The van der Waals surface area contributed by atoms with Crippen LogP contribution in [-0.4, -0.2) is 25.1 Å². The fourth-order valence-corrected chi connectivity index (χ4v) is 2.82. The Morgan fingerprint density at radius 1 is 1.26 bits per heavy atom. The number of hydrogen-bond acceptors (Lipinski definition) is 3. The van der Waals surface area contributed by atoms with Crippen LogP contribution in [0.1, 0.15) is 37.9 Å². The Balaban J connectivity index is 1.67. The van der Waals surface area contributed by atoms with E-state index in [0.29, 0.717) is 12.1 Å². The molecule has 2 aromatic rings. The van der Waals surface area contributed by atoms with Gasteiger partial charge in [0.15, 0.2) is 0 Å². The first-order chi connectivity index (χ1) is 9.33. The summed E-state index contributed by atoms with van der Waals surface area (Å²) in [5.41, 5.74) is 1.31. The van der Waals surface area contributed by atoms with E-state index in [4.69, 9.17) is 0 Å². The number of aryl methyl sites for hydroxylation is 2. The molecule has 1 aliphatic heterocycles. The van der Waals surface area contributed by atoms with Gasteiger partial charge in [-0.3, -0.25) is 0 Å². The number of rotatable bonds is 4. The van der Waals surface area contributed by atoms with Gasteiger partial charge in [0.1, 0.15) is 0 Å². The van der Waals surface area contributed by atoms with Gasteiger partial charge < -0.3 is 14.5 Å². The normalized spacial score (nSPS) is 23.6. The summed E-state index contributed by atoms with van der Waals surface area (Å²) in [5, 5.41) is 3.67. The van der Waals surface area contributed by atoms with E-state index >= 15 is 0 Å². The highest BCUT2D eigenvalue weighted by Gasteiger charge is 2.21. The van der Waals surface area contributed by atoms with E-state index in [-0.39, 0.29) is 0 Å². The average Bonchev–Trinajstić information content (AvgIpc) is 3.08. The van der Waals surface area contributed by atoms with Crippen LogP contribution in [0.25, 0.3) is 0 Å². The van der Waals surface area contributed by atoms with Crippen molar-refractivity contribution in [3.63, 3.8) is 0 Å². The molecule has 2 atom stereocenters. The van der Waals surface area contributed by atoms with Gasteiger partial charge in [0.05, 0.1) is 18.3 Å². The Morgan fingerprint density at radius 2 is 2.21 bits per heavy atom. The maximum Gasteiger partial charge on any atom is 0.0949 e. The highest BCUT2D eigenvalue weighted by Crippen LogP contribution is 2.25. The van der Waals surface area contributed by atoms with Gasteiger partial charge in [-0.25, -0.2) is 9.97 Å². The van der Waals surface area contributed by atoms with E-state index < -0.39 is 0 Å². The van der Waals surface area contributed by atoms with E-state index in [2.05, 4.69) is 31.3 Å². The Morgan fingerprint density at radius 3 is 3.00 bits per heavy atom. The third-order valence-electron chi connectivity index (χ3n) is 3.88. The van der Waals surface area contributed by atoms with Crippen LogP contribution in [0.5, 0.6) is 0 Å². The minimum absolute atomic E-state index is 0.453. The predicted octanol–water partition coefficient (Wildman–Crippen LogP) is 1.98. The molecule has 2 unspecified atom stereocenters. The van der Waals surface area contributed by atoms with Crippen molar-refractivity contribution in [2.75, 3.05) is 0 Å². The number of nitrogens with one attached hydrogen (secondary N) is 1. The largest absolute Gasteiger partial charge is 0.336 e. The van der Waals surface area contributed by atoms with Crippen molar-refractivity contribution in [2.45, 2.75) is 51.4 Å². The lowest BCUT2D eigenvalue weighted by atomic mass is 9.97. The third kappa shape index (κ3) is 2.87. The molecule has 0 aromatic carbocycles. The van der Waals surface area contributed by atoms with Crippen LogP contribution >= 0.6 is 0 Å². The fraction of sp³-hybridized carbons (Fsp3) is 0.571. The molecule has 0 bridgehead atoms. The first-order valence-corrected chi connectivity index (χ1v) is 7.05. The molecule has 0 aliphatic carbocycles. The zero-order valence-electron chi connectivity index (χ0n) is 11.4. The van der Waals surface area contributed by atoms with Crippen LogP contribution in [-0.2, 0) is 13.1 Å². The minimum atomic E-state index is 0.453. The number of nitrogens with zero attached hydrogens (tertiary/aromatic N) is 4. The average molecular weight is 259 g/mol. The smallest absolute Gasteiger partial charge is 0.0949 e. The van der Waals surface area contributed by atoms with Crippen molar-refractivity contribution < 1.29 is 0 Å². The van der Waals surface area contributed by atoms with Gasteiger partial charge in [0.25, 0.3) is 0 Å². The topological polar surface area (TPSA) is 47.7 Å². The molecule has 5 nitrogen and oxygen atoms in total. The maximum atomic E-state index is 4.32. The molecule has 19 heavy (non-hydrogen) atoms. The summed E-state index contributed by atoms with van der Waals surface area (Å²) in [4.78, 5) is 8.39. The minimum Gasteiger partial charge on any atom is -0.336 e. The molecule has 1 N–H and O–H groups in total. The summed E-state index contributed by atoms with van der Waals surface area (Å²) in [6.07, 6.45) is 13.4. The molecule has 1 aliphatic rings. The lowest BCUT2D eigenvalue weighted by Crippen LogP contribution is -2.35. The van der Waals surface area contributed by atoms with Crippen LogP contribution in [0.15, 0.2) is 31.2 Å². The molecule has 3 heterocycles. The molecule has 1 fully saturated rings. The van der Waals surface area contributed by atoms with Gasteiger partial charge in [-0.2, -0.15) is 0 Å². The number of hydrogen-bond donors (Lipinski definition) is 1. The van der Waals surface area contributed by atoms with Crippen LogP contribution in [0.4, 0.5) is 0 Å². The molecular weight excluding hydrogens is 238 g/mol. The van der Waals surface area contributed by atoms with Crippen molar-refractivity contribution in [1.29, 1.82) is 0 Å². The quantitative estimate of drug-likeness (QED) is 0.913. The van der Waals surface area contributed by atoms with E-state index in [1.165, 1.54) is 25.0 Å². The van der Waals surface area contributed by atoms with Crippen LogP contribution < -0.4 is 5.32 Å². The third-order valence-corrected chi connectivity index (χ3v) is 3.88. The Labute approximate surface area is 113 Å². The monoisotopic (exact) mass is 259 g/mol. The molecule has 0 amide bonds. The van der Waals surface area contributed by atoms with E-state index in [1.807, 2.05) is 31.2 Å². The number of aromatic nitrogens is 4. The lowest BCUT2D eigenvalue weighted by Gasteiger charge is -2.29. The molecule has 1 saturated heterocycles. The summed E-state index contributed by atoms with van der Waals surface area (Å²) < 4.78 is 4.36. The van der Waals surface area contributed by atoms with Gasteiger partial charge in [0, 0.05) is 43.8 Å². The summed E-state index contributed by atoms with van der Waals surface area (Å²) in [6, 6.07) is 1.06. The van der Waals surface area contributed by atoms with E-state index in [0.717, 1.165) is 13.1 Å². The van der Waals surface area contributed by atoms with Gasteiger partial charge >= 0.3 is 0 Å². The van der Waals surface area contributed by atoms with Crippen molar-refractivity contribution >= 4 is 0 Å². The molecule has 2 aromatic heterocycles. The zero-order valence-corrected chi connectivity index (χ0v) is 11.4. The lowest BCUT2D eigenvalue weighted by molar-refractivity contribution is 0.328. The highest BCUT2D eigenvalue weighted by atomic mass is 15.1. The molecule has 0 spiro atoms. The first kappa shape index (κ1) is 12.4. The highest BCUT2D eigenvalue weighted by molar-refractivity contribution is 5.07. The number of imidazole rings is 2. The SMILES string of the molecule is CC1CCCC(c2cncn2CCn2ccnc2)N1. The van der Waals surface area contributed by atoms with Gasteiger partial charge in [-0.1, -0.05) is 0 Å². The second-order valence-electron chi connectivity index (χ2n) is 5.36. The second-order valence-corrected chi connectivity index (χ2v) is 5.36. The van der Waals surface area contributed by atoms with Crippen LogP contribution in [0.3, 0.4) is 0 Å². The fourth-order valence-electron chi connectivity index (χ4n) is 2.82. The molecule has 0 saturated carbocycles. The zero-order chi connectivity index (χ0) is 13.1. The van der Waals surface area contributed by atoms with Crippen molar-refractivity contribution in [3.8, 4) is 0 Å². The molecule has 3 rings (SSSR count). The second kappa shape index (κ2) is 5.57. The predicted molar refractivity (Wildman–Crippen MR) is 73.6 cm³/mol. The summed E-state index contributed by atoms with van der Waals surface area (Å²) in [5.74, 6) is 0. The molecule has 0 radical (unpaired) electrons. The molecular formula is C14H21N5. The molecule has 5 heteroatoms. The van der Waals surface area contributed by atoms with Crippen LogP contribution in [0, 0.1) is 0 Å². The number of piperidine rings is 1. The Bertz CT molecular complexity index is 502. The Hall–Kier alpha value is -1.62. The van der Waals surface area contributed by atoms with Crippen molar-refractivity contribution in [3.05, 3.63) is 36.9 Å². The van der Waals surface area contributed by atoms with Gasteiger partial charge in [-0.05, 0) is 26.2 Å². The molecule has 102 valence electrons. The standard InChI is InChI=1S/C14H21N5/c1-12-3-2-4-13(17-12)14-9-16-11-19(14)8-7-18-6-5-15-10-18/h5-6,9-13,17H,2-4,7-8H2,1H3. The summed E-state index contributed by atoms with van der Waals surface area (Å²) >= 11 is 0. The van der Waals surface area contributed by atoms with E-state index in [9.17, 15) is 0 Å². The Kier molecular flexibility index (Phi) is 3.64. The van der Waals surface area contributed by atoms with Crippen molar-refractivity contribution in [2.24, 2.45) is 0 Å². The van der Waals surface area contributed by atoms with Crippen LogP contribution in [0.2, 0.25) is 0 Å². The first-order valence-electron chi connectivity index (χ1n) is 7.05. The van der Waals surface area contributed by atoms with Gasteiger partial charge in [-0.15, -0.1) is 0 Å². The van der Waals surface area contributed by atoms with Crippen molar-refractivity contribution in [1.82, 2.24) is 24.4 Å². The van der Waals surface area contributed by atoms with E-state index in [1.54, 1.807) is 0 Å². The summed E-state index contributed by atoms with van der Waals surface area (Å²) in [6.45, 7) is 4.14.